The summed E-state index contributed by atoms with van der Waals surface area (Å²) in [5.41, 5.74) is -1.36. The third kappa shape index (κ3) is 22.0. The highest BCUT2D eigenvalue weighted by atomic mass is 35.5. The second kappa shape index (κ2) is 33.2. The molecule has 0 aromatic carbocycles. The molecule has 1 saturated heterocycles. The van der Waals surface area contributed by atoms with Gasteiger partial charge in [0.05, 0.1) is 25.4 Å². The van der Waals surface area contributed by atoms with E-state index in [0.717, 1.165) is 38.5 Å². The topological polar surface area (TPSA) is 185 Å². The van der Waals surface area contributed by atoms with E-state index in [-0.39, 0.29) is 18.5 Å². The molecule has 1 aliphatic heterocycles. The van der Waals surface area contributed by atoms with Gasteiger partial charge in [0, 0.05) is 26.9 Å². The van der Waals surface area contributed by atoms with Crippen LogP contribution in [-0.2, 0) is 37.4 Å². The molecule has 3 heterocycles. The number of halogens is 2. The van der Waals surface area contributed by atoms with Gasteiger partial charge in [-0.2, -0.15) is 0 Å². The van der Waals surface area contributed by atoms with E-state index in [2.05, 4.69) is 28.8 Å². The number of hydrogen-bond donors (Lipinski definition) is 2. The summed E-state index contributed by atoms with van der Waals surface area (Å²) >= 11 is 6.25. The Balaban J connectivity index is 1.50. The summed E-state index contributed by atoms with van der Waals surface area (Å²) in [6.45, 7) is 4.26. The molecule has 0 spiro atoms. The van der Waals surface area contributed by atoms with Gasteiger partial charge < -0.3 is 29.1 Å². The number of nitrogens with zero attached hydrogens (tertiary/aromatic N) is 5. The number of imidazole rings is 1. The fraction of sp³-hybridized carbons (Fsp3) is 0.857. The minimum atomic E-state index is -4.98. The molecule has 2 aromatic rings. The first-order chi connectivity index (χ1) is 32.3. The second-order valence-electron chi connectivity index (χ2n) is 18.7. The molecule has 6 atom stereocenters. The fourth-order valence-corrected chi connectivity index (χ4v) is 9.51. The number of carbonyl (C=O) groups excluding carboxylic acids is 2. The second-order valence-corrected chi connectivity index (χ2v) is 20.4. The summed E-state index contributed by atoms with van der Waals surface area (Å²) in [4.78, 5) is 51.4. The Kier molecular flexibility index (Phi) is 29.1. The number of unbranched alkanes of at least 4 members (excludes halogenated alkanes) is 24. The number of aliphatic hydroxyl groups excluding tert-OH is 1. The maximum Gasteiger partial charge on any atom is 0.472 e. The SMILES string of the molecule is CCCCCCCCCCCCCCCC(=O)OCC(COP(=O)(O)OC[C@@]1(CCl)O[C@@H](n2cnc3c(N(C)C)nc(C)nc32)[C@@H](F)[C@@H]1O)OC(=O)CCCCCCCCCCCCCCC. The van der Waals surface area contributed by atoms with Crippen molar-refractivity contribution in [1.82, 2.24) is 19.5 Å². The van der Waals surface area contributed by atoms with Gasteiger partial charge in [-0.25, -0.2) is 23.9 Å². The highest BCUT2D eigenvalue weighted by Crippen LogP contribution is 2.48. The van der Waals surface area contributed by atoms with Crippen molar-refractivity contribution in [3.63, 3.8) is 0 Å². The number of esters is 2. The first-order valence-corrected chi connectivity index (χ1v) is 27.7. The van der Waals surface area contributed by atoms with E-state index in [1.165, 1.54) is 126 Å². The molecule has 2 aromatic heterocycles. The number of anilines is 1. The van der Waals surface area contributed by atoms with Gasteiger partial charge in [0.1, 0.15) is 24.1 Å². The van der Waals surface area contributed by atoms with Gasteiger partial charge in [-0.3, -0.25) is 23.2 Å². The predicted octanol–water partition coefficient (Wildman–Crippen LogP) is 12.0. The zero-order valence-electron chi connectivity index (χ0n) is 41.6. The van der Waals surface area contributed by atoms with Crippen LogP contribution in [0.15, 0.2) is 6.33 Å². The van der Waals surface area contributed by atoms with Gasteiger partial charge in [0.15, 0.2) is 35.5 Å². The van der Waals surface area contributed by atoms with Crippen molar-refractivity contribution in [3.8, 4) is 0 Å². The molecule has 15 nitrogen and oxygen atoms in total. The van der Waals surface area contributed by atoms with Crippen LogP contribution in [0.3, 0.4) is 0 Å². The highest BCUT2D eigenvalue weighted by molar-refractivity contribution is 7.47. The van der Waals surface area contributed by atoms with E-state index in [4.69, 9.17) is 34.9 Å². The molecular formula is C49H86ClFN5O10P. The van der Waals surface area contributed by atoms with Gasteiger partial charge in [0.25, 0.3) is 0 Å². The van der Waals surface area contributed by atoms with Crippen LogP contribution < -0.4 is 4.90 Å². The molecule has 1 aliphatic rings. The maximum atomic E-state index is 15.9. The van der Waals surface area contributed by atoms with E-state index in [1.54, 1.807) is 25.9 Å². The normalized spacial score (nSPS) is 19.7. The van der Waals surface area contributed by atoms with Crippen molar-refractivity contribution in [2.75, 3.05) is 44.7 Å². The number of hydrogen-bond acceptors (Lipinski definition) is 13. The summed E-state index contributed by atoms with van der Waals surface area (Å²) in [6.07, 6.45) is 25.4. The first kappa shape index (κ1) is 58.9. The molecule has 0 amide bonds. The number of fused-ring (bicyclic) bond motifs is 1. The number of alkyl halides is 2. The molecule has 2 unspecified atom stereocenters. The summed E-state index contributed by atoms with van der Waals surface area (Å²) in [5, 5.41) is 11.1. The number of ether oxygens (including phenoxy) is 3. The van der Waals surface area contributed by atoms with Gasteiger partial charge in [0.2, 0.25) is 0 Å². The van der Waals surface area contributed by atoms with Crippen LogP contribution in [0.2, 0.25) is 0 Å². The monoisotopic (exact) mass is 990 g/mol. The molecule has 3 rings (SSSR count). The van der Waals surface area contributed by atoms with Crippen LogP contribution in [0.1, 0.15) is 206 Å². The maximum absolute atomic E-state index is 15.9. The summed E-state index contributed by atoms with van der Waals surface area (Å²) < 4.78 is 58.1. The van der Waals surface area contributed by atoms with Crippen molar-refractivity contribution >= 4 is 48.3 Å². The molecule has 18 heteroatoms. The zero-order chi connectivity index (χ0) is 48.9. The predicted molar refractivity (Wildman–Crippen MR) is 262 cm³/mol. The van der Waals surface area contributed by atoms with E-state index in [0.29, 0.717) is 30.0 Å². The van der Waals surface area contributed by atoms with Crippen molar-refractivity contribution in [1.29, 1.82) is 0 Å². The Morgan fingerprint density at radius 2 is 1.27 bits per heavy atom. The number of phosphoric ester groups is 1. The Morgan fingerprint density at radius 1 is 0.791 bits per heavy atom. The fourth-order valence-electron chi connectivity index (χ4n) is 8.40. The quantitative estimate of drug-likeness (QED) is 0.0278. The lowest BCUT2D eigenvalue weighted by Gasteiger charge is -2.30. The van der Waals surface area contributed by atoms with E-state index in [1.807, 2.05) is 0 Å². The average molecular weight is 991 g/mol. The number of rotatable bonds is 40. The van der Waals surface area contributed by atoms with E-state index >= 15 is 4.39 Å². The van der Waals surface area contributed by atoms with Crippen LogP contribution in [0, 0.1) is 6.92 Å². The largest absolute Gasteiger partial charge is 0.472 e. The van der Waals surface area contributed by atoms with Crippen LogP contribution in [0.4, 0.5) is 10.2 Å². The Morgan fingerprint density at radius 3 is 1.75 bits per heavy atom. The third-order valence-electron chi connectivity index (χ3n) is 12.5. The average Bonchev–Trinajstić information content (AvgIpc) is 3.83. The highest BCUT2D eigenvalue weighted by Gasteiger charge is 2.57. The van der Waals surface area contributed by atoms with E-state index in [9.17, 15) is 24.2 Å². The Hall–Kier alpha value is -2.46. The van der Waals surface area contributed by atoms with Crippen molar-refractivity contribution in [3.05, 3.63) is 12.2 Å². The van der Waals surface area contributed by atoms with Crippen LogP contribution in [0.25, 0.3) is 11.2 Å². The third-order valence-corrected chi connectivity index (χ3v) is 13.9. The molecule has 0 radical (unpaired) electrons. The molecule has 0 aliphatic carbocycles. The molecule has 0 saturated carbocycles. The minimum Gasteiger partial charge on any atom is -0.462 e. The van der Waals surface area contributed by atoms with Gasteiger partial charge in [-0.05, 0) is 19.8 Å². The van der Waals surface area contributed by atoms with Gasteiger partial charge >= 0.3 is 19.8 Å². The molecule has 2 N–H and O–H groups in total. The lowest BCUT2D eigenvalue weighted by atomic mass is 9.99. The number of aliphatic hydroxyl groups is 1. The lowest BCUT2D eigenvalue weighted by molar-refractivity contribution is -0.161. The summed E-state index contributed by atoms with van der Waals surface area (Å²) in [6, 6.07) is 0. The minimum absolute atomic E-state index is 0.127. The number of aryl methyl sites for hydroxylation is 1. The molecule has 67 heavy (non-hydrogen) atoms. The molecule has 386 valence electrons. The van der Waals surface area contributed by atoms with Crippen molar-refractivity contribution < 1.29 is 51.8 Å². The molecular weight excluding hydrogens is 904 g/mol. The van der Waals surface area contributed by atoms with Crippen molar-refractivity contribution in [2.45, 2.75) is 231 Å². The van der Waals surface area contributed by atoms with Gasteiger partial charge in [-0.15, -0.1) is 11.6 Å². The first-order valence-electron chi connectivity index (χ1n) is 25.7. The van der Waals surface area contributed by atoms with Crippen LogP contribution >= 0.6 is 19.4 Å². The Labute approximate surface area is 406 Å². The van der Waals surface area contributed by atoms with E-state index < -0.39 is 75.7 Å². The zero-order valence-corrected chi connectivity index (χ0v) is 43.3. The van der Waals surface area contributed by atoms with Gasteiger partial charge in [-0.1, -0.05) is 168 Å². The molecule has 0 bridgehead atoms. The standard InChI is InChI=1S/C49H86ClFN5O10P/c1-6-8-10-12-14-16-18-20-22-24-26-28-30-32-41(57)62-34-40(65-42(58)33-31-29-27-25-23-21-19-17-15-13-11-9-7-2)35-63-67(60,61)64-37-49(36-50)45(59)43(51)48(66-49)56-38-52-44-46(55(4)5)53-39(3)54-47(44)56/h38,40,43,45,48,59H,6-37H2,1-5H3,(H,60,61)/t40?,43-,45-,48+,49+/m0/s1. The number of phosphoric acid groups is 1. The van der Waals surface area contributed by atoms with Crippen molar-refractivity contribution in [2.24, 2.45) is 0 Å². The summed E-state index contributed by atoms with van der Waals surface area (Å²) in [7, 11) is -1.42. The van der Waals surface area contributed by atoms with Crippen LogP contribution in [-0.4, -0.2) is 105 Å². The number of aromatic nitrogens is 4. The van der Waals surface area contributed by atoms with Crippen LogP contribution in [0.5, 0.6) is 0 Å². The molecule has 1 fully saturated rings. The number of carbonyl (C=O) groups is 2. The lowest BCUT2D eigenvalue weighted by Crippen LogP contribution is -2.47. The smallest absolute Gasteiger partial charge is 0.462 e. The Bertz CT molecular complexity index is 1730. The summed E-state index contributed by atoms with van der Waals surface area (Å²) in [5.74, 6) is -0.657.